The van der Waals surface area contributed by atoms with Crippen molar-refractivity contribution < 1.29 is 19.5 Å². The molecule has 1 aliphatic carbocycles. The van der Waals surface area contributed by atoms with Crippen molar-refractivity contribution in [1.82, 2.24) is 10.2 Å². The fraction of sp³-hybridized carbons (Fsp3) is 0.786. The van der Waals surface area contributed by atoms with Gasteiger partial charge >= 0.3 is 0 Å². The van der Waals surface area contributed by atoms with E-state index in [4.69, 9.17) is 11.5 Å². The van der Waals surface area contributed by atoms with Crippen LogP contribution in [-0.2, 0) is 14.4 Å². The molecule has 0 aromatic rings. The van der Waals surface area contributed by atoms with Gasteiger partial charge in [-0.15, -0.1) is 0 Å². The maximum Gasteiger partial charge on any atom is 0.248 e. The third-order valence-electron chi connectivity index (χ3n) is 4.33. The topological polar surface area (TPSA) is 139 Å². The lowest BCUT2D eigenvalue weighted by atomic mass is 10.0. The molecule has 22 heavy (non-hydrogen) atoms. The van der Waals surface area contributed by atoms with Crippen LogP contribution in [0.5, 0.6) is 0 Å². The number of carbonyl (C=O) groups is 3. The number of hydrogen-bond donors (Lipinski definition) is 4. The van der Waals surface area contributed by atoms with Gasteiger partial charge in [-0.05, 0) is 25.2 Å². The minimum absolute atomic E-state index is 0.140. The van der Waals surface area contributed by atoms with E-state index in [0.29, 0.717) is 25.3 Å². The highest BCUT2D eigenvalue weighted by molar-refractivity contribution is 5.89. The van der Waals surface area contributed by atoms with Crippen LogP contribution in [0.4, 0.5) is 0 Å². The van der Waals surface area contributed by atoms with Crippen LogP contribution in [-0.4, -0.2) is 59.0 Å². The Labute approximate surface area is 129 Å². The van der Waals surface area contributed by atoms with Crippen molar-refractivity contribution in [3.63, 3.8) is 0 Å². The molecule has 3 amide bonds. The fourth-order valence-corrected chi connectivity index (χ4v) is 2.91. The molecule has 2 rings (SSSR count). The average Bonchev–Trinajstić information content (AvgIpc) is 3.16. The summed E-state index contributed by atoms with van der Waals surface area (Å²) in [4.78, 5) is 36.8. The maximum absolute atomic E-state index is 12.4. The Balaban J connectivity index is 2.00. The number of primary amides is 1. The number of nitrogens with one attached hydrogen (secondary N) is 1. The number of aliphatic hydroxyl groups is 1. The van der Waals surface area contributed by atoms with Crippen molar-refractivity contribution in [3.05, 3.63) is 0 Å². The van der Waals surface area contributed by atoms with Gasteiger partial charge in [0.05, 0.1) is 12.6 Å². The monoisotopic (exact) mass is 312 g/mol. The van der Waals surface area contributed by atoms with E-state index in [1.165, 1.54) is 4.90 Å². The van der Waals surface area contributed by atoms with Crippen LogP contribution in [0, 0.1) is 5.92 Å². The number of nitrogens with two attached hydrogens (primary N) is 2. The molecule has 1 aliphatic heterocycles. The molecule has 3 unspecified atom stereocenters. The Morgan fingerprint density at radius 1 is 1.27 bits per heavy atom. The van der Waals surface area contributed by atoms with Crippen LogP contribution >= 0.6 is 0 Å². The first-order chi connectivity index (χ1) is 10.4. The van der Waals surface area contributed by atoms with Gasteiger partial charge < -0.3 is 26.8 Å². The van der Waals surface area contributed by atoms with Gasteiger partial charge in [0.25, 0.3) is 0 Å². The second-order valence-electron chi connectivity index (χ2n) is 6.09. The van der Waals surface area contributed by atoms with Crippen molar-refractivity contribution in [2.45, 2.75) is 50.3 Å². The molecule has 2 aliphatic rings. The lowest BCUT2D eigenvalue weighted by Crippen LogP contribution is -2.55. The third-order valence-corrected chi connectivity index (χ3v) is 4.33. The highest BCUT2D eigenvalue weighted by atomic mass is 16.3. The van der Waals surface area contributed by atoms with E-state index < -0.39 is 24.1 Å². The average molecular weight is 312 g/mol. The first-order valence-corrected chi connectivity index (χ1v) is 7.71. The first kappa shape index (κ1) is 16.7. The molecule has 1 saturated heterocycles. The summed E-state index contributed by atoms with van der Waals surface area (Å²) in [6, 6.07) is -1.29. The van der Waals surface area contributed by atoms with E-state index in [0.717, 1.165) is 19.3 Å². The van der Waals surface area contributed by atoms with Gasteiger partial charge in [-0.1, -0.05) is 12.8 Å². The zero-order valence-corrected chi connectivity index (χ0v) is 12.5. The molecule has 1 heterocycles. The van der Waals surface area contributed by atoms with Crippen LogP contribution in [0.1, 0.15) is 32.1 Å². The Kier molecular flexibility index (Phi) is 5.36. The fourth-order valence-electron chi connectivity index (χ4n) is 2.91. The number of nitrogens with zero attached hydrogens (tertiary/aromatic N) is 1. The Hall–Kier alpha value is -1.67. The second kappa shape index (κ2) is 7.06. The number of aliphatic hydroxyl groups excluding tert-OH is 1. The lowest BCUT2D eigenvalue weighted by molar-refractivity contribution is -0.139. The van der Waals surface area contributed by atoms with E-state index in [1.54, 1.807) is 0 Å². The summed E-state index contributed by atoms with van der Waals surface area (Å²) < 4.78 is 0. The van der Waals surface area contributed by atoms with E-state index >= 15 is 0 Å². The van der Waals surface area contributed by atoms with Gasteiger partial charge in [-0.2, -0.15) is 0 Å². The molecule has 0 spiro atoms. The van der Waals surface area contributed by atoms with Crippen molar-refractivity contribution in [2.75, 3.05) is 13.1 Å². The molecule has 1 saturated carbocycles. The summed E-state index contributed by atoms with van der Waals surface area (Å²) >= 11 is 0. The Bertz CT molecular complexity index is 452. The van der Waals surface area contributed by atoms with Crippen LogP contribution < -0.4 is 16.8 Å². The van der Waals surface area contributed by atoms with E-state index in [1.807, 2.05) is 0 Å². The van der Waals surface area contributed by atoms with Crippen molar-refractivity contribution in [2.24, 2.45) is 17.4 Å². The zero-order valence-electron chi connectivity index (χ0n) is 12.5. The van der Waals surface area contributed by atoms with Crippen LogP contribution in [0.15, 0.2) is 0 Å². The lowest BCUT2D eigenvalue weighted by Gasteiger charge is -2.27. The van der Waals surface area contributed by atoms with Gasteiger partial charge in [-0.3, -0.25) is 14.4 Å². The summed E-state index contributed by atoms with van der Waals surface area (Å²) in [5.74, 6) is -1.07. The summed E-state index contributed by atoms with van der Waals surface area (Å²) in [6.07, 6.45) is 2.45. The van der Waals surface area contributed by atoms with Gasteiger partial charge in [0, 0.05) is 6.54 Å². The predicted octanol–water partition coefficient (Wildman–Crippen LogP) is -1.93. The largest absolute Gasteiger partial charge is 0.381 e. The van der Waals surface area contributed by atoms with Gasteiger partial charge in [0.15, 0.2) is 6.10 Å². The smallest absolute Gasteiger partial charge is 0.248 e. The molecule has 0 radical (unpaired) electrons. The van der Waals surface area contributed by atoms with Crippen LogP contribution in [0.3, 0.4) is 0 Å². The number of rotatable bonds is 7. The third kappa shape index (κ3) is 3.95. The molecular formula is C14H24N4O4. The summed E-state index contributed by atoms with van der Waals surface area (Å²) in [5.41, 5.74) is 10.5. The minimum atomic E-state index is -1.41. The van der Waals surface area contributed by atoms with Gasteiger partial charge in [0.2, 0.25) is 17.7 Å². The standard InChI is InChI=1S/C14H24N4O4/c15-7-11(19)18-5-1-2-10(18)14(22)17-9(6-8-3-4-8)12(20)13(16)21/h8-10,12,20H,1-7,15H2,(H2,16,21)(H,17,22). The number of carbonyl (C=O) groups excluding carboxylic acids is 3. The maximum atomic E-state index is 12.4. The molecule has 6 N–H and O–H groups in total. The minimum Gasteiger partial charge on any atom is -0.381 e. The molecular weight excluding hydrogens is 288 g/mol. The highest BCUT2D eigenvalue weighted by Crippen LogP contribution is 2.34. The molecule has 8 heteroatoms. The normalized spacial score (nSPS) is 23.9. The molecule has 3 atom stereocenters. The molecule has 8 nitrogen and oxygen atoms in total. The summed E-state index contributed by atoms with van der Waals surface area (Å²) in [6.45, 7) is 0.360. The predicted molar refractivity (Wildman–Crippen MR) is 78.3 cm³/mol. The summed E-state index contributed by atoms with van der Waals surface area (Å²) in [7, 11) is 0. The van der Waals surface area contributed by atoms with Crippen LogP contribution in [0.2, 0.25) is 0 Å². The van der Waals surface area contributed by atoms with Gasteiger partial charge in [0.1, 0.15) is 6.04 Å². The molecule has 0 bridgehead atoms. The SMILES string of the molecule is NCC(=O)N1CCCC1C(=O)NC(CC1CC1)C(O)C(N)=O. The van der Waals surface area contributed by atoms with Crippen molar-refractivity contribution >= 4 is 17.7 Å². The van der Waals surface area contributed by atoms with E-state index in [2.05, 4.69) is 5.32 Å². The Morgan fingerprint density at radius 3 is 2.50 bits per heavy atom. The zero-order chi connectivity index (χ0) is 16.3. The quantitative estimate of drug-likeness (QED) is 0.433. The van der Waals surface area contributed by atoms with Crippen molar-refractivity contribution in [3.8, 4) is 0 Å². The Morgan fingerprint density at radius 2 is 1.95 bits per heavy atom. The van der Waals surface area contributed by atoms with E-state index in [9.17, 15) is 19.5 Å². The molecule has 2 fully saturated rings. The van der Waals surface area contributed by atoms with E-state index in [-0.39, 0.29) is 18.4 Å². The molecule has 0 aromatic carbocycles. The van der Waals surface area contributed by atoms with Crippen LogP contribution in [0.25, 0.3) is 0 Å². The molecule has 124 valence electrons. The second-order valence-corrected chi connectivity index (χ2v) is 6.09. The molecule has 0 aromatic heterocycles. The number of likely N-dealkylation sites (tertiary alicyclic amines) is 1. The van der Waals surface area contributed by atoms with Crippen molar-refractivity contribution in [1.29, 1.82) is 0 Å². The number of amides is 3. The summed E-state index contributed by atoms with van der Waals surface area (Å²) in [5, 5.41) is 12.6. The first-order valence-electron chi connectivity index (χ1n) is 7.71. The van der Waals surface area contributed by atoms with Gasteiger partial charge in [-0.25, -0.2) is 0 Å². The highest BCUT2D eigenvalue weighted by Gasteiger charge is 2.37. The number of hydrogen-bond acceptors (Lipinski definition) is 5.